The molecule has 0 unspecified atom stereocenters. The smallest absolute Gasteiger partial charge is 0.263 e. The first-order chi connectivity index (χ1) is 12.5. The molecule has 0 N–H and O–H groups in total. The quantitative estimate of drug-likeness (QED) is 0.688. The molecule has 5 nitrogen and oxygen atoms in total. The highest BCUT2D eigenvalue weighted by Gasteiger charge is 2.21. The van der Waals surface area contributed by atoms with E-state index in [0.29, 0.717) is 15.2 Å². The summed E-state index contributed by atoms with van der Waals surface area (Å²) in [5.41, 5.74) is 1.57. The van der Waals surface area contributed by atoms with Crippen molar-refractivity contribution in [2.24, 2.45) is 0 Å². The van der Waals surface area contributed by atoms with Gasteiger partial charge in [-0.1, -0.05) is 23.7 Å². The van der Waals surface area contributed by atoms with E-state index in [1.807, 2.05) is 30.0 Å². The summed E-state index contributed by atoms with van der Waals surface area (Å²) in [7, 11) is 0. The zero-order chi connectivity index (χ0) is 18.3. The van der Waals surface area contributed by atoms with Crippen LogP contribution in [0.25, 0.3) is 21.3 Å². The van der Waals surface area contributed by atoms with Crippen LogP contribution in [0.1, 0.15) is 17.7 Å². The van der Waals surface area contributed by atoms with Crippen molar-refractivity contribution < 1.29 is 4.79 Å². The van der Waals surface area contributed by atoms with E-state index in [4.69, 9.17) is 11.6 Å². The highest BCUT2D eigenvalue weighted by atomic mass is 35.5. The van der Waals surface area contributed by atoms with E-state index in [9.17, 15) is 9.59 Å². The Labute approximate surface area is 159 Å². The molecule has 0 bridgehead atoms. The highest BCUT2D eigenvalue weighted by molar-refractivity contribution is 7.19. The predicted molar refractivity (Wildman–Crippen MR) is 105 cm³/mol. The van der Waals surface area contributed by atoms with Crippen LogP contribution in [-0.2, 0) is 11.3 Å². The van der Waals surface area contributed by atoms with Gasteiger partial charge in [0.25, 0.3) is 5.56 Å². The highest BCUT2D eigenvalue weighted by Crippen LogP contribution is 2.36. The fraction of sp³-hybridized carbons (Fsp3) is 0.316. The van der Waals surface area contributed by atoms with Crippen molar-refractivity contribution in [2.75, 3.05) is 13.1 Å². The van der Waals surface area contributed by atoms with E-state index in [0.717, 1.165) is 41.9 Å². The second-order valence-corrected chi connectivity index (χ2v) is 8.13. The van der Waals surface area contributed by atoms with Gasteiger partial charge in [-0.2, -0.15) is 0 Å². The summed E-state index contributed by atoms with van der Waals surface area (Å²) in [5.74, 6) is -0.0259. The first kappa shape index (κ1) is 17.2. The number of fused-ring (bicyclic) bond motifs is 1. The van der Waals surface area contributed by atoms with Gasteiger partial charge in [0.15, 0.2) is 0 Å². The number of benzene rings is 1. The minimum absolute atomic E-state index is 0.0259. The monoisotopic (exact) mass is 387 g/mol. The van der Waals surface area contributed by atoms with Crippen molar-refractivity contribution in [3.8, 4) is 11.1 Å². The molecule has 26 heavy (non-hydrogen) atoms. The molecule has 1 amide bonds. The number of aromatic nitrogens is 2. The van der Waals surface area contributed by atoms with Gasteiger partial charge in [0, 0.05) is 28.6 Å². The first-order valence-corrected chi connectivity index (χ1v) is 9.76. The van der Waals surface area contributed by atoms with Crippen molar-refractivity contribution in [3.05, 3.63) is 50.8 Å². The van der Waals surface area contributed by atoms with Gasteiger partial charge < -0.3 is 4.90 Å². The summed E-state index contributed by atoms with van der Waals surface area (Å²) in [6, 6.07) is 7.46. The topological polar surface area (TPSA) is 55.2 Å². The molecule has 7 heteroatoms. The van der Waals surface area contributed by atoms with Gasteiger partial charge >= 0.3 is 0 Å². The maximum absolute atomic E-state index is 13.1. The average Bonchev–Trinajstić information content (AvgIpc) is 3.25. The predicted octanol–water partition coefficient (Wildman–Crippen LogP) is 3.71. The Kier molecular flexibility index (Phi) is 4.54. The molecule has 0 aliphatic carbocycles. The fourth-order valence-electron chi connectivity index (χ4n) is 3.45. The van der Waals surface area contributed by atoms with Crippen molar-refractivity contribution in [2.45, 2.75) is 26.3 Å². The normalized spacial score (nSPS) is 14.3. The maximum atomic E-state index is 13.1. The molecule has 3 aromatic rings. The van der Waals surface area contributed by atoms with Gasteiger partial charge in [-0.15, -0.1) is 11.3 Å². The number of likely N-dealkylation sites (tertiary alicyclic amines) is 1. The number of aryl methyl sites for hydroxylation is 1. The molecule has 3 heterocycles. The number of nitrogens with zero attached hydrogens (tertiary/aromatic N) is 3. The van der Waals surface area contributed by atoms with Gasteiger partial charge in [-0.05, 0) is 37.5 Å². The largest absolute Gasteiger partial charge is 0.341 e. The third-order valence-electron chi connectivity index (χ3n) is 4.73. The number of halogens is 1. The molecule has 0 spiro atoms. The number of rotatable bonds is 3. The molecular formula is C19H18ClN3O2S. The number of hydrogen-bond acceptors (Lipinski definition) is 4. The number of hydrogen-bond donors (Lipinski definition) is 0. The summed E-state index contributed by atoms with van der Waals surface area (Å²) < 4.78 is 1.42. The van der Waals surface area contributed by atoms with E-state index >= 15 is 0 Å². The third-order valence-corrected chi connectivity index (χ3v) is 5.98. The van der Waals surface area contributed by atoms with Crippen molar-refractivity contribution >= 4 is 39.1 Å². The Balaban J connectivity index is 1.80. The van der Waals surface area contributed by atoms with Crippen LogP contribution in [0.3, 0.4) is 0 Å². The Hall–Kier alpha value is -2.18. The lowest BCUT2D eigenvalue weighted by molar-refractivity contribution is -0.130. The Bertz CT molecular complexity index is 1050. The molecule has 134 valence electrons. The lowest BCUT2D eigenvalue weighted by Gasteiger charge is -2.15. The molecule has 2 aromatic heterocycles. The molecule has 1 aliphatic rings. The molecule has 1 aromatic carbocycles. The van der Waals surface area contributed by atoms with Crippen molar-refractivity contribution in [3.63, 3.8) is 0 Å². The average molecular weight is 388 g/mol. The molecule has 0 atom stereocenters. The van der Waals surface area contributed by atoms with Crippen LogP contribution in [-0.4, -0.2) is 33.4 Å². The molecular weight excluding hydrogens is 370 g/mol. The Morgan fingerprint density at radius 3 is 2.81 bits per heavy atom. The van der Waals surface area contributed by atoms with Crippen LogP contribution in [0.15, 0.2) is 35.4 Å². The van der Waals surface area contributed by atoms with E-state index in [-0.39, 0.29) is 18.0 Å². The summed E-state index contributed by atoms with van der Waals surface area (Å²) in [5, 5.41) is 1.18. The summed E-state index contributed by atoms with van der Waals surface area (Å²) in [4.78, 5) is 33.5. The van der Waals surface area contributed by atoms with E-state index in [1.54, 1.807) is 6.07 Å². The van der Waals surface area contributed by atoms with E-state index < -0.39 is 0 Å². The molecule has 4 rings (SSSR count). The van der Waals surface area contributed by atoms with Gasteiger partial charge in [0.1, 0.15) is 11.4 Å². The Morgan fingerprint density at radius 1 is 1.31 bits per heavy atom. The summed E-state index contributed by atoms with van der Waals surface area (Å²) in [6.07, 6.45) is 3.54. The summed E-state index contributed by atoms with van der Waals surface area (Å²) >= 11 is 7.62. The SMILES string of the molecule is Cc1sc2ncn(CC(=O)N3CCCC3)c(=O)c2c1-c1cccc(Cl)c1. The van der Waals surface area contributed by atoms with E-state index in [1.165, 1.54) is 22.2 Å². The zero-order valence-electron chi connectivity index (χ0n) is 14.4. The van der Waals surface area contributed by atoms with Gasteiger partial charge in [-0.25, -0.2) is 4.98 Å². The lowest BCUT2D eigenvalue weighted by Crippen LogP contribution is -2.34. The Morgan fingerprint density at radius 2 is 2.08 bits per heavy atom. The minimum atomic E-state index is -0.179. The zero-order valence-corrected chi connectivity index (χ0v) is 15.9. The summed E-state index contributed by atoms with van der Waals surface area (Å²) in [6.45, 7) is 3.55. The number of amides is 1. The lowest BCUT2D eigenvalue weighted by atomic mass is 10.0. The molecule has 1 aliphatic heterocycles. The van der Waals surface area contributed by atoms with Gasteiger partial charge in [-0.3, -0.25) is 14.2 Å². The standard InChI is InChI=1S/C19H18ClN3O2S/c1-12-16(13-5-4-6-14(20)9-13)17-18(26-12)21-11-23(19(17)25)10-15(24)22-7-2-3-8-22/h4-6,9,11H,2-3,7-8,10H2,1H3. The van der Waals surface area contributed by atoms with Gasteiger partial charge in [0.05, 0.1) is 11.7 Å². The van der Waals surface area contributed by atoms with Crippen LogP contribution in [0.5, 0.6) is 0 Å². The second-order valence-electron chi connectivity index (χ2n) is 6.49. The second kappa shape index (κ2) is 6.85. The third kappa shape index (κ3) is 3.04. The first-order valence-electron chi connectivity index (χ1n) is 8.57. The molecule has 0 saturated carbocycles. The van der Waals surface area contributed by atoms with Crippen LogP contribution in [0.2, 0.25) is 5.02 Å². The number of carbonyl (C=O) groups is 1. The number of thiophene rings is 1. The van der Waals surface area contributed by atoms with Crippen LogP contribution < -0.4 is 5.56 Å². The van der Waals surface area contributed by atoms with E-state index in [2.05, 4.69) is 4.98 Å². The van der Waals surface area contributed by atoms with Crippen LogP contribution >= 0.6 is 22.9 Å². The van der Waals surface area contributed by atoms with Gasteiger partial charge in [0.2, 0.25) is 5.91 Å². The van der Waals surface area contributed by atoms with Crippen molar-refractivity contribution in [1.82, 2.24) is 14.5 Å². The number of carbonyl (C=O) groups excluding carboxylic acids is 1. The molecule has 1 fully saturated rings. The maximum Gasteiger partial charge on any atom is 0.263 e. The minimum Gasteiger partial charge on any atom is -0.341 e. The fourth-order valence-corrected chi connectivity index (χ4v) is 4.65. The molecule has 1 saturated heterocycles. The van der Waals surface area contributed by atoms with Crippen molar-refractivity contribution in [1.29, 1.82) is 0 Å². The molecule has 0 radical (unpaired) electrons. The van der Waals surface area contributed by atoms with Crippen LogP contribution in [0, 0.1) is 6.92 Å². The van der Waals surface area contributed by atoms with Crippen LogP contribution in [0.4, 0.5) is 0 Å².